The maximum atomic E-state index is 5.35. The van der Waals surface area contributed by atoms with E-state index >= 15 is 0 Å². The zero-order valence-electron chi connectivity index (χ0n) is 13.2. The Kier molecular flexibility index (Phi) is 5.64. The Bertz CT molecular complexity index is 784. The smallest absolute Gasteiger partial charge is 0.161 e. The number of methoxy groups -OCH3 is 2. The molecule has 0 aliphatic rings. The predicted octanol–water partition coefficient (Wildman–Crippen LogP) is 5.22. The average molecular weight is 348 g/mol. The molecule has 0 N–H and O–H groups in total. The minimum atomic E-state index is 0. The average Bonchev–Trinajstić information content (AvgIpc) is 3.05. The van der Waals surface area contributed by atoms with Crippen LogP contribution in [0, 0.1) is 6.92 Å². The number of aryl methyl sites for hydroxylation is 1. The molecule has 0 radical (unpaired) electrons. The molecular formula is C18H18ClNO2S. The topological polar surface area (TPSA) is 31.4 Å². The van der Waals surface area contributed by atoms with Crippen molar-refractivity contribution >= 4 is 23.7 Å². The third-order valence-corrected chi connectivity index (χ3v) is 4.37. The Balaban J connectivity index is 0.00000192. The Morgan fingerprint density at radius 3 is 2.17 bits per heavy atom. The molecule has 1 aromatic heterocycles. The van der Waals surface area contributed by atoms with Gasteiger partial charge in [0.2, 0.25) is 0 Å². The highest BCUT2D eigenvalue weighted by Crippen LogP contribution is 2.34. The number of hydrogen-bond donors (Lipinski definition) is 0. The van der Waals surface area contributed by atoms with Crippen LogP contribution in [-0.2, 0) is 0 Å². The number of ether oxygens (including phenoxy) is 2. The number of hydrogen-bond acceptors (Lipinski definition) is 4. The Morgan fingerprint density at radius 1 is 0.870 bits per heavy atom. The fraction of sp³-hybridized carbons (Fsp3) is 0.167. The maximum absolute atomic E-state index is 5.35. The standard InChI is InChI=1S/C18H17NO2S.ClH/c1-12-4-6-13(7-5-12)18-19-15(11-22-18)14-8-9-16(20-2)17(10-14)21-3;/h4-11H,1-3H3;1H. The van der Waals surface area contributed by atoms with Gasteiger partial charge in [-0.3, -0.25) is 0 Å². The summed E-state index contributed by atoms with van der Waals surface area (Å²) in [4.78, 5) is 4.73. The molecule has 120 valence electrons. The van der Waals surface area contributed by atoms with E-state index < -0.39 is 0 Å². The van der Waals surface area contributed by atoms with Gasteiger partial charge in [-0.25, -0.2) is 4.98 Å². The molecule has 0 aliphatic carbocycles. The predicted molar refractivity (Wildman–Crippen MR) is 98.1 cm³/mol. The molecule has 0 saturated carbocycles. The number of thiazole rings is 1. The van der Waals surface area contributed by atoms with Gasteiger partial charge in [0.25, 0.3) is 0 Å². The maximum Gasteiger partial charge on any atom is 0.161 e. The van der Waals surface area contributed by atoms with Crippen molar-refractivity contribution in [3.05, 3.63) is 53.4 Å². The molecule has 23 heavy (non-hydrogen) atoms. The highest BCUT2D eigenvalue weighted by Gasteiger charge is 2.10. The van der Waals surface area contributed by atoms with Crippen LogP contribution in [0.4, 0.5) is 0 Å². The SMILES string of the molecule is COc1ccc(-c2csc(-c3ccc(C)cc3)n2)cc1OC.Cl. The lowest BCUT2D eigenvalue weighted by molar-refractivity contribution is 0.355. The molecule has 3 aromatic rings. The molecule has 0 atom stereocenters. The first kappa shape index (κ1) is 17.3. The summed E-state index contributed by atoms with van der Waals surface area (Å²) in [5, 5.41) is 3.08. The van der Waals surface area contributed by atoms with Crippen molar-refractivity contribution in [2.24, 2.45) is 0 Å². The van der Waals surface area contributed by atoms with Crippen LogP contribution in [0.5, 0.6) is 11.5 Å². The summed E-state index contributed by atoms with van der Waals surface area (Å²) in [6, 6.07) is 14.3. The number of nitrogens with zero attached hydrogens (tertiary/aromatic N) is 1. The van der Waals surface area contributed by atoms with Gasteiger partial charge in [-0.05, 0) is 25.1 Å². The van der Waals surface area contributed by atoms with Crippen LogP contribution in [0.25, 0.3) is 21.8 Å². The second-order valence-corrected chi connectivity index (χ2v) is 5.83. The minimum absolute atomic E-state index is 0. The largest absolute Gasteiger partial charge is 0.493 e. The van der Waals surface area contributed by atoms with E-state index in [0.29, 0.717) is 5.75 Å². The monoisotopic (exact) mass is 347 g/mol. The first-order valence-electron chi connectivity index (χ1n) is 6.96. The summed E-state index contributed by atoms with van der Waals surface area (Å²) >= 11 is 1.64. The molecule has 3 nitrogen and oxygen atoms in total. The van der Waals surface area contributed by atoms with Crippen molar-refractivity contribution in [1.82, 2.24) is 4.98 Å². The first-order chi connectivity index (χ1) is 10.7. The summed E-state index contributed by atoms with van der Waals surface area (Å²) in [5.74, 6) is 1.44. The van der Waals surface area contributed by atoms with E-state index in [1.54, 1.807) is 25.6 Å². The highest BCUT2D eigenvalue weighted by atomic mass is 35.5. The number of aromatic nitrogens is 1. The summed E-state index contributed by atoms with van der Waals surface area (Å²) in [5.41, 5.74) is 4.36. The first-order valence-corrected chi connectivity index (χ1v) is 7.84. The third-order valence-electron chi connectivity index (χ3n) is 3.48. The van der Waals surface area contributed by atoms with Gasteiger partial charge in [0, 0.05) is 16.5 Å². The van der Waals surface area contributed by atoms with E-state index in [4.69, 9.17) is 14.5 Å². The lowest BCUT2D eigenvalue weighted by atomic mass is 10.1. The van der Waals surface area contributed by atoms with E-state index in [9.17, 15) is 0 Å². The van der Waals surface area contributed by atoms with Crippen molar-refractivity contribution < 1.29 is 9.47 Å². The van der Waals surface area contributed by atoms with Gasteiger partial charge >= 0.3 is 0 Å². The summed E-state index contributed by atoms with van der Waals surface area (Å²) in [7, 11) is 3.27. The molecule has 3 rings (SSSR count). The second kappa shape index (κ2) is 7.49. The third kappa shape index (κ3) is 3.66. The van der Waals surface area contributed by atoms with Crippen molar-refractivity contribution in [2.75, 3.05) is 14.2 Å². The van der Waals surface area contributed by atoms with Crippen LogP contribution in [0.2, 0.25) is 0 Å². The lowest BCUT2D eigenvalue weighted by Crippen LogP contribution is -1.90. The van der Waals surface area contributed by atoms with Gasteiger partial charge in [-0.15, -0.1) is 23.7 Å². The number of rotatable bonds is 4. The number of benzene rings is 2. The molecule has 0 bridgehead atoms. The summed E-state index contributed by atoms with van der Waals surface area (Å²) in [6.45, 7) is 2.08. The zero-order chi connectivity index (χ0) is 15.5. The van der Waals surface area contributed by atoms with Gasteiger partial charge in [-0.1, -0.05) is 29.8 Å². The van der Waals surface area contributed by atoms with Gasteiger partial charge in [0.05, 0.1) is 19.9 Å². The lowest BCUT2D eigenvalue weighted by Gasteiger charge is -2.08. The van der Waals surface area contributed by atoms with Crippen LogP contribution in [-0.4, -0.2) is 19.2 Å². The van der Waals surface area contributed by atoms with Crippen LogP contribution >= 0.6 is 23.7 Å². The Hall–Kier alpha value is -2.04. The zero-order valence-corrected chi connectivity index (χ0v) is 14.8. The fourth-order valence-corrected chi connectivity index (χ4v) is 3.07. The molecule has 2 aromatic carbocycles. The molecule has 0 unspecified atom stereocenters. The minimum Gasteiger partial charge on any atom is -0.493 e. The van der Waals surface area contributed by atoms with Crippen LogP contribution in [0.1, 0.15) is 5.56 Å². The van der Waals surface area contributed by atoms with Crippen molar-refractivity contribution in [2.45, 2.75) is 6.92 Å². The molecular weight excluding hydrogens is 330 g/mol. The normalized spacial score (nSPS) is 10.0. The Morgan fingerprint density at radius 2 is 1.52 bits per heavy atom. The van der Waals surface area contributed by atoms with Crippen molar-refractivity contribution in [3.63, 3.8) is 0 Å². The van der Waals surface area contributed by atoms with E-state index in [1.165, 1.54) is 5.56 Å². The molecule has 5 heteroatoms. The van der Waals surface area contributed by atoms with Crippen LogP contribution < -0.4 is 9.47 Å². The molecule has 0 spiro atoms. The van der Waals surface area contributed by atoms with Crippen molar-refractivity contribution in [3.8, 4) is 33.3 Å². The second-order valence-electron chi connectivity index (χ2n) is 4.97. The van der Waals surface area contributed by atoms with E-state index in [0.717, 1.165) is 27.6 Å². The van der Waals surface area contributed by atoms with Crippen molar-refractivity contribution in [1.29, 1.82) is 0 Å². The van der Waals surface area contributed by atoms with Crippen LogP contribution in [0.15, 0.2) is 47.8 Å². The fourth-order valence-electron chi connectivity index (χ4n) is 2.23. The highest BCUT2D eigenvalue weighted by molar-refractivity contribution is 7.13. The summed E-state index contributed by atoms with van der Waals surface area (Å²) in [6.07, 6.45) is 0. The molecule has 0 fully saturated rings. The van der Waals surface area contributed by atoms with Gasteiger partial charge < -0.3 is 9.47 Å². The Labute approximate surface area is 146 Å². The van der Waals surface area contributed by atoms with Gasteiger partial charge in [-0.2, -0.15) is 0 Å². The van der Waals surface area contributed by atoms with Gasteiger partial charge in [0.15, 0.2) is 11.5 Å². The molecule has 1 heterocycles. The molecule has 0 aliphatic heterocycles. The van der Waals surface area contributed by atoms with Gasteiger partial charge in [0.1, 0.15) is 5.01 Å². The number of halogens is 1. The molecule has 0 amide bonds. The van der Waals surface area contributed by atoms with Crippen LogP contribution in [0.3, 0.4) is 0 Å². The van der Waals surface area contributed by atoms with E-state index in [2.05, 4.69) is 36.6 Å². The molecule has 0 saturated heterocycles. The van der Waals surface area contributed by atoms with E-state index in [1.807, 2.05) is 18.2 Å². The quantitative estimate of drug-likeness (QED) is 0.648. The van der Waals surface area contributed by atoms with E-state index in [-0.39, 0.29) is 12.4 Å². The summed E-state index contributed by atoms with van der Waals surface area (Å²) < 4.78 is 10.6.